The number of carbonyl (C=O) groups is 1. The number of benzene rings is 1. The van der Waals surface area contributed by atoms with Gasteiger partial charge in [0, 0.05) is 31.6 Å². The zero-order valence-electron chi connectivity index (χ0n) is 12.8. The first-order valence-corrected chi connectivity index (χ1v) is 7.42. The van der Waals surface area contributed by atoms with E-state index in [2.05, 4.69) is 11.0 Å². The molecular weight excluding hydrogens is 250 g/mol. The maximum absolute atomic E-state index is 12.2. The van der Waals surface area contributed by atoms with E-state index in [4.69, 9.17) is 0 Å². The van der Waals surface area contributed by atoms with Crippen LogP contribution in [0.4, 0.5) is 0 Å². The SMILES string of the molecule is Cc1cc(C)cc(C(=O)CCN2CCC(C)(O)CC2)c1. The van der Waals surface area contributed by atoms with Crippen molar-refractivity contribution < 1.29 is 9.90 Å². The average Bonchev–Trinajstić information content (AvgIpc) is 2.36. The largest absolute Gasteiger partial charge is 0.390 e. The minimum absolute atomic E-state index is 0.217. The number of likely N-dealkylation sites (tertiary alicyclic amines) is 1. The summed E-state index contributed by atoms with van der Waals surface area (Å²) in [7, 11) is 0. The lowest BCUT2D eigenvalue weighted by molar-refractivity contribution is -0.00506. The van der Waals surface area contributed by atoms with Crippen molar-refractivity contribution in [1.82, 2.24) is 4.90 Å². The van der Waals surface area contributed by atoms with Gasteiger partial charge >= 0.3 is 0 Å². The van der Waals surface area contributed by atoms with Gasteiger partial charge in [0.05, 0.1) is 5.60 Å². The monoisotopic (exact) mass is 275 g/mol. The van der Waals surface area contributed by atoms with Crippen LogP contribution in [0, 0.1) is 13.8 Å². The van der Waals surface area contributed by atoms with E-state index in [1.54, 1.807) is 0 Å². The lowest BCUT2D eigenvalue weighted by Crippen LogP contribution is -2.43. The van der Waals surface area contributed by atoms with Gasteiger partial charge in [0.15, 0.2) is 5.78 Å². The van der Waals surface area contributed by atoms with E-state index in [0.717, 1.165) is 49.2 Å². The van der Waals surface area contributed by atoms with Crippen LogP contribution in [-0.2, 0) is 0 Å². The van der Waals surface area contributed by atoms with Crippen LogP contribution >= 0.6 is 0 Å². The molecule has 0 amide bonds. The van der Waals surface area contributed by atoms with Gasteiger partial charge in [-0.25, -0.2) is 0 Å². The van der Waals surface area contributed by atoms with Gasteiger partial charge < -0.3 is 10.0 Å². The third-order valence-corrected chi connectivity index (χ3v) is 4.13. The van der Waals surface area contributed by atoms with Crippen molar-refractivity contribution in [3.63, 3.8) is 0 Å². The van der Waals surface area contributed by atoms with Crippen molar-refractivity contribution in [3.05, 3.63) is 34.9 Å². The molecule has 0 saturated carbocycles. The van der Waals surface area contributed by atoms with Gasteiger partial charge in [-0.3, -0.25) is 4.79 Å². The Hall–Kier alpha value is -1.19. The molecule has 0 atom stereocenters. The van der Waals surface area contributed by atoms with Crippen LogP contribution in [0.3, 0.4) is 0 Å². The summed E-state index contributed by atoms with van der Waals surface area (Å²) in [4.78, 5) is 14.5. The smallest absolute Gasteiger partial charge is 0.164 e. The summed E-state index contributed by atoms with van der Waals surface area (Å²) in [6.07, 6.45) is 2.15. The Labute approximate surface area is 121 Å². The fourth-order valence-electron chi connectivity index (χ4n) is 2.80. The molecule has 3 heteroatoms. The summed E-state index contributed by atoms with van der Waals surface area (Å²) < 4.78 is 0. The fraction of sp³-hybridized carbons (Fsp3) is 0.588. The maximum Gasteiger partial charge on any atom is 0.164 e. The van der Waals surface area contributed by atoms with E-state index < -0.39 is 5.60 Å². The van der Waals surface area contributed by atoms with Gasteiger partial charge in [0.25, 0.3) is 0 Å². The number of hydrogen-bond acceptors (Lipinski definition) is 3. The molecule has 0 unspecified atom stereocenters. The summed E-state index contributed by atoms with van der Waals surface area (Å²) >= 11 is 0. The minimum atomic E-state index is -0.520. The summed E-state index contributed by atoms with van der Waals surface area (Å²) in [5, 5.41) is 9.92. The second kappa shape index (κ2) is 6.06. The van der Waals surface area contributed by atoms with E-state index in [1.807, 2.05) is 32.9 Å². The molecule has 1 aromatic carbocycles. The number of nitrogens with zero attached hydrogens (tertiary/aromatic N) is 1. The van der Waals surface area contributed by atoms with Crippen LogP contribution in [0.15, 0.2) is 18.2 Å². The highest BCUT2D eigenvalue weighted by molar-refractivity contribution is 5.96. The number of carbonyl (C=O) groups excluding carboxylic acids is 1. The first-order valence-electron chi connectivity index (χ1n) is 7.42. The number of ketones is 1. The summed E-state index contributed by atoms with van der Waals surface area (Å²) in [6, 6.07) is 6.02. The van der Waals surface area contributed by atoms with Gasteiger partial charge in [0.2, 0.25) is 0 Å². The summed E-state index contributed by atoms with van der Waals surface area (Å²) in [5.41, 5.74) is 2.59. The second-order valence-electron chi connectivity index (χ2n) is 6.39. The van der Waals surface area contributed by atoms with Crippen LogP contribution in [-0.4, -0.2) is 41.0 Å². The fourth-order valence-corrected chi connectivity index (χ4v) is 2.80. The first kappa shape index (κ1) is 15.2. The number of rotatable bonds is 4. The molecule has 1 aliphatic heterocycles. The minimum Gasteiger partial charge on any atom is -0.390 e. The van der Waals surface area contributed by atoms with Crippen LogP contribution in [0.2, 0.25) is 0 Å². The number of piperidine rings is 1. The highest BCUT2D eigenvalue weighted by atomic mass is 16.3. The molecule has 1 aliphatic rings. The van der Waals surface area contributed by atoms with E-state index in [0.29, 0.717) is 6.42 Å². The molecule has 2 rings (SSSR count). The van der Waals surface area contributed by atoms with Crippen molar-refractivity contribution >= 4 is 5.78 Å². The zero-order valence-corrected chi connectivity index (χ0v) is 12.8. The molecule has 20 heavy (non-hydrogen) atoms. The van der Waals surface area contributed by atoms with Crippen molar-refractivity contribution in [3.8, 4) is 0 Å². The Morgan fingerprint density at radius 2 is 1.75 bits per heavy atom. The summed E-state index contributed by atoms with van der Waals surface area (Å²) in [5.74, 6) is 0.217. The number of aryl methyl sites for hydroxylation is 2. The van der Waals surface area contributed by atoms with E-state index >= 15 is 0 Å². The molecule has 1 heterocycles. The molecule has 0 aromatic heterocycles. The zero-order chi connectivity index (χ0) is 14.8. The topological polar surface area (TPSA) is 40.5 Å². The van der Waals surface area contributed by atoms with Crippen LogP contribution in [0.25, 0.3) is 0 Å². The Balaban J connectivity index is 1.86. The van der Waals surface area contributed by atoms with Gasteiger partial charge in [-0.15, -0.1) is 0 Å². The molecule has 3 nitrogen and oxygen atoms in total. The molecule has 110 valence electrons. The van der Waals surface area contributed by atoms with Crippen LogP contribution < -0.4 is 0 Å². The molecule has 0 spiro atoms. The second-order valence-corrected chi connectivity index (χ2v) is 6.39. The normalized spacial score (nSPS) is 19.0. The lowest BCUT2D eigenvalue weighted by Gasteiger charge is -2.35. The quantitative estimate of drug-likeness (QED) is 0.859. The maximum atomic E-state index is 12.2. The summed E-state index contributed by atoms with van der Waals surface area (Å²) in [6.45, 7) is 8.50. The highest BCUT2D eigenvalue weighted by Gasteiger charge is 2.27. The molecular formula is C17H25NO2. The standard InChI is InChI=1S/C17H25NO2/c1-13-10-14(2)12-15(11-13)16(19)4-7-18-8-5-17(3,20)6-9-18/h10-12,20H,4-9H2,1-3H3. The first-order chi connectivity index (χ1) is 9.35. The average molecular weight is 275 g/mol. The Morgan fingerprint density at radius 3 is 2.30 bits per heavy atom. The molecule has 0 bridgehead atoms. The number of hydrogen-bond donors (Lipinski definition) is 1. The van der Waals surface area contributed by atoms with Crippen molar-refractivity contribution in [1.29, 1.82) is 0 Å². The van der Waals surface area contributed by atoms with E-state index in [1.165, 1.54) is 0 Å². The molecule has 1 fully saturated rings. The highest BCUT2D eigenvalue weighted by Crippen LogP contribution is 2.21. The van der Waals surface area contributed by atoms with Crippen LogP contribution in [0.5, 0.6) is 0 Å². The lowest BCUT2D eigenvalue weighted by atomic mass is 9.93. The third kappa shape index (κ3) is 4.15. The Morgan fingerprint density at radius 1 is 1.20 bits per heavy atom. The van der Waals surface area contributed by atoms with Crippen LogP contribution in [0.1, 0.15) is 47.7 Å². The molecule has 0 aliphatic carbocycles. The van der Waals surface area contributed by atoms with Crippen molar-refractivity contribution in [2.24, 2.45) is 0 Å². The Bertz CT molecular complexity index is 464. The van der Waals surface area contributed by atoms with Gasteiger partial charge in [0.1, 0.15) is 0 Å². The number of Topliss-reactive ketones (excluding diaryl/α,β-unsaturated/α-hetero) is 1. The molecule has 1 N–H and O–H groups in total. The third-order valence-electron chi connectivity index (χ3n) is 4.13. The van der Waals surface area contributed by atoms with Gasteiger partial charge in [-0.1, -0.05) is 17.2 Å². The predicted molar refractivity (Wildman–Crippen MR) is 81.2 cm³/mol. The number of aliphatic hydroxyl groups is 1. The van der Waals surface area contributed by atoms with Gasteiger partial charge in [-0.2, -0.15) is 0 Å². The van der Waals surface area contributed by atoms with Gasteiger partial charge in [-0.05, 0) is 45.7 Å². The van der Waals surface area contributed by atoms with E-state index in [9.17, 15) is 9.90 Å². The van der Waals surface area contributed by atoms with Crippen molar-refractivity contribution in [2.45, 2.75) is 45.6 Å². The molecule has 1 saturated heterocycles. The molecule has 1 aromatic rings. The van der Waals surface area contributed by atoms with E-state index in [-0.39, 0.29) is 5.78 Å². The molecule has 0 radical (unpaired) electrons. The predicted octanol–water partition coefficient (Wildman–Crippen LogP) is 2.72. The Kier molecular flexibility index (Phi) is 4.61. The van der Waals surface area contributed by atoms with Crippen molar-refractivity contribution in [2.75, 3.05) is 19.6 Å².